The molecule has 122 valence electrons. The van der Waals surface area contributed by atoms with E-state index in [0.29, 0.717) is 6.54 Å². The van der Waals surface area contributed by atoms with Gasteiger partial charge < -0.3 is 15.4 Å². The highest BCUT2D eigenvalue weighted by Gasteiger charge is 2.26. The number of rotatable bonds is 5. The van der Waals surface area contributed by atoms with Gasteiger partial charge in [-0.15, -0.1) is 0 Å². The molecule has 5 nitrogen and oxygen atoms in total. The van der Waals surface area contributed by atoms with Crippen LogP contribution in [0.4, 0.5) is 4.79 Å². The maximum absolute atomic E-state index is 12.3. The SMILES string of the molecule is CC(C)[C@H](NC(=O)OC(C)(C)C)C(=O)NCc1ccccc1. The van der Waals surface area contributed by atoms with Crippen LogP contribution in [0.1, 0.15) is 40.2 Å². The van der Waals surface area contributed by atoms with Crippen molar-refractivity contribution in [1.82, 2.24) is 10.6 Å². The molecule has 1 rings (SSSR count). The molecule has 0 aromatic heterocycles. The lowest BCUT2D eigenvalue weighted by molar-refractivity contribution is -0.124. The van der Waals surface area contributed by atoms with Crippen molar-refractivity contribution < 1.29 is 14.3 Å². The van der Waals surface area contributed by atoms with Crippen LogP contribution in [0, 0.1) is 5.92 Å². The van der Waals surface area contributed by atoms with Crippen LogP contribution in [-0.4, -0.2) is 23.6 Å². The minimum absolute atomic E-state index is 0.0386. The summed E-state index contributed by atoms with van der Waals surface area (Å²) in [5.41, 5.74) is 0.419. The normalized spacial score (nSPS) is 12.6. The molecule has 1 aromatic rings. The molecule has 0 fully saturated rings. The Morgan fingerprint density at radius 1 is 1.14 bits per heavy atom. The third-order valence-corrected chi connectivity index (χ3v) is 2.93. The first kappa shape index (κ1) is 18.0. The predicted octanol–water partition coefficient (Wildman–Crippen LogP) is 2.85. The molecule has 0 radical (unpaired) electrons. The van der Waals surface area contributed by atoms with Gasteiger partial charge in [-0.2, -0.15) is 0 Å². The van der Waals surface area contributed by atoms with Gasteiger partial charge >= 0.3 is 6.09 Å². The molecule has 0 spiro atoms. The molecule has 1 aromatic carbocycles. The second-order valence-electron chi connectivity index (χ2n) is 6.57. The second-order valence-corrected chi connectivity index (χ2v) is 6.57. The van der Waals surface area contributed by atoms with Gasteiger partial charge in [-0.05, 0) is 32.3 Å². The van der Waals surface area contributed by atoms with Crippen molar-refractivity contribution in [2.24, 2.45) is 5.92 Å². The average molecular weight is 306 g/mol. The van der Waals surface area contributed by atoms with Crippen LogP contribution in [0.25, 0.3) is 0 Å². The molecule has 0 saturated heterocycles. The summed E-state index contributed by atoms with van der Waals surface area (Å²) in [6, 6.07) is 9.00. The fourth-order valence-corrected chi connectivity index (χ4v) is 1.86. The number of amides is 2. The van der Waals surface area contributed by atoms with Crippen molar-refractivity contribution in [3.05, 3.63) is 35.9 Å². The molecule has 0 unspecified atom stereocenters. The fourth-order valence-electron chi connectivity index (χ4n) is 1.86. The highest BCUT2D eigenvalue weighted by atomic mass is 16.6. The summed E-state index contributed by atoms with van der Waals surface area (Å²) in [6.45, 7) is 9.54. The first-order valence-electron chi connectivity index (χ1n) is 7.50. The quantitative estimate of drug-likeness (QED) is 0.879. The van der Waals surface area contributed by atoms with Crippen molar-refractivity contribution in [1.29, 1.82) is 0 Å². The van der Waals surface area contributed by atoms with Crippen LogP contribution in [0.15, 0.2) is 30.3 Å². The number of ether oxygens (including phenoxy) is 1. The molecule has 0 aliphatic carbocycles. The summed E-state index contributed by atoms with van der Waals surface area (Å²) in [7, 11) is 0. The monoisotopic (exact) mass is 306 g/mol. The Morgan fingerprint density at radius 2 is 1.73 bits per heavy atom. The molecule has 0 saturated carbocycles. The molecule has 1 atom stereocenters. The first-order chi connectivity index (χ1) is 10.2. The molecule has 0 heterocycles. The third-order valence-electron chi connectivity index (χ3n) is 2.93. The summed E-state index contributed by atoms with van der Waals surface area (Å²) in [4.78, 5) is 24.1. The molecule has 22 heavy (non-hydrogen) atoms. The minimum atomic E-state index is -0.626. The highest BCUT2D eigenvalue weighted by Crippen LogP contribution is 2.09. The molecule has 5 heteroatoms. The summed E-state index contributed by atoms with van der Waals surface area (Å²) in [5, 5.41) is 5.48. The van der Waals surface area contributed by atoms with E-state index in [2.05, 4.69) is 10.6 Å². The Labute approximate surface area is 132 Å². The number of carbonyl (C=O) groups excluding carboxylic acids is 2. The van der Waals surface area contributed by atoms with Crippen LogP contribution in [0.2, 0.25) is 0 Å². The molecule has 0 aliphatic heterocycles. The third kappa shape index (κ3) is 6.61. The summed E-state index contributed by atoms with van der Waals surface area (Å²) < 4.78 is 5.20. The standard InChI is InChI=1S/C17H26N2O3/c1-12(2)14(19-16(21)22-17(3,4)5)15(20)18-11-13-9-7-6-8-10-13/h6-10,12,14H,11H2,1-5H3,(H,18,20)(H,19,21)/t14-/m0/s1. The summed E-state index contributed by atoms with van der Waals surface area (Å²) in [5.74, 6) is -0.256. The number of hydrogen-bond donors (Lipinski definition) is 2. The van der Waals surface area contributed by atoms with Gasteiger partial charge in [0.25, 0.3) is 0 Å². The zero-order chi connectivity index (χ0) is 16.8. The maximum Gasteiger partial charge on any atom is 0.408 e. The van der Waals surface area contributed by atoms with E-state index in [1.807, 2.05) is 44.2 Å². The van der Waals surface area contributed by atoms with E-state index < -0.39 is 17.7 Å². The number of benzene rings is 1. The van der Waals surface area contributed by atoms with E-state index in [1.54, 1.807) is 20.8 Å². The van der Waals surface area contributed by atoms with E-state index in [9.17, 15) is 9.59 Å². The van der Waals surface area contributed by atoms with E-state index in [0.717, 1.165) is 5.56 Å². The lowest BCUT2D eigenvalue weighted by Gasteiger charge is -2.25. The number of nitrogens with one attached hydrogen (secondary N) is 2. The van der Waals surface area contributed by atoms with Crippen LogP contribution < -0.4 is 10.6 Å². The Kier molecular flexibility index (Phi) is 6.40. The molecule has 2 amide bonds. The number of hydrogen-bond acceptors (Lipinski definition) is 3. The van der Waals surface area contributed by atoms with Crippen molar-refractivity contribution in [2.45, 2.75) is 52.8 Å². The van der Waals surface area contributed by atoms with Gasteiger partial charge in [0.1, 0.15) is 11.6 Å². The van der Waals surface area contributed by atoms with Gasteiger partial charge in [0.05, 0.1) is 0 Å². The van der Waals surface area contributed by atoms with Crippen molar-refractivity contribution in [2.75, 3.05) is 0 Å². The van der Waals surface area contributed by atoms with Crippen molar-refractivity contribution in [3.8, 4) is 0 Å². The van der Waals surface area contributed by atoms with E-state index >= 15 is 0 Å². The zero-order valence-electron chi connectivity index (χ0n) is 14.0. The Balaban J connectivity index is 2.58. The van der Waals surface area contributed by atoms with Gasteiger partial charge in [-0.1, -0.05) is 44.2 Å². The second kappa shape index (κ2) is 7.82. The number of carbonyl (C=O) groups is 2. The van der Waals surface area contributed by atoms with Gasteiger partial charge in [-0.3, -0.25) is 4.79 Å². The Bertz CT molecular complexity index is 492. The van der Waals surface area contributed by atoms with E-state index in [-0.39, 0.29) is 11.8 Å². The molecule has 2 N–H and O–H groups in total. The van der Waals surface area contributed by atoms with Crippen LogP contribution >= 0.6 is 0 Å². The number of alkyl carbamates (subject to hydrolysis) is 1. The Morgan fingerprint density at radius 3 is 2.23 bits per heavy atom. The molecular formula is C17H26N2O3. The van der Waals surface area contributed by atoms with Crippen molar-refractivity contribution in [3.63, 3.8) is 0 Å². The van der Waals surface area contributed by atoms with E-state index in [1.165, 1.54) is 0 Å². The largest absolute Gasteiger partial charge is 0.444 e. The summed E-state index contributed by atoms with van der Waals surface area (Å²) >= 11 is 0. The van der Waals surface area contributed by atoms with Gasteiger partial charge in [-0.25, -0.2) is 4.79 Å². The van der Waals surface area contributed by atoms with Gasteiger partial charge in [0, 0.05) is 6.54 Å². The van der Waals surface area contributed by atoms with Crippen LogP contribution in [-0.2, 0) is 16.1 Å². The first-order valence-corrected chi connectivity index (χ1v) is 7.50. The fraction of sp³-hybridized carbons (Fsp3) is 0.529. The van der Waals surface area contributed by atoms with Gasteiger partial charge in [0.15, 0.2) is 0 Å². The lowest BCUT2D eigenvalue weighted by Crippen LogP contribution is -2.50. The van der Waals surface area contributed by atoms with E-state index in [4.69, 9.17) is 4.74 Å². The Hall–Kier alpha value is -2.04. The van der Waals surface area contributed by atoms with Gasteiger partial charge in [0.2, 0.25) is 5.91 Å². The van der Waals surface area contributed by atoms with Crippen LogP contribution in [0.5, 0.6) is 0 Å². The zero-order valence-corrected chi connectivity index (χ0v) is 14.0. The topological polar surface area (TPSA) is 67.4 Å². The smallest absolute Gasteiger partial charge is 0.408 e. The molecule has 0 aliphatic rings. The van der Waals surface area contributed by atoms with Crippen LogP contribution in [0.3, 0.4) is 0 Å². The predicted molar refractivity (Wildman–Crippen MR) is 86.3 cm³/mol. The lowest BCUT2D eigenvalue weighted by atomic mass is 10.0. The molecule has 0 bridgehead atoms. The maximum atomic E-state index is 12.3. The highest BCUT2D eigenvalue weighted by molar-refractivity contribution is 5.85. The molecular weight excluding hydrogens is 280 g/mol. The average Bonchev–Trinajstić information content (AvgIpc) is 2.41. The van der Waals surface area contributed by atoms with Crippen molar-refractivity contribution >= 4 is 12.0 Å². The summed E-state index contributed by atoms with van der Waals surface area (Å²) in [6.07, 6.45) is -0.582. The minimum Gasteiger partial charge on any atom is -0.444 e.